The van der Waals surface area contributed by atoms with Gasteiger partial charge in [0.25, 0.3) is 0 Å². The summed E-state index contributed by atoms with van der Waals surface area (Å²) in [6.45, 7) is 5.15. The molecule has 124 valence electrons. The van der Waals surface area contributed by atoms with E-state index in [1.54, 1.807) is 11.3 Å². The first-order chi connectivity index (χ1) is 11.2. The van der Waals surface area contributed by atoms with Gasteiger partial charge in [-0.3, -0.25) is 0 Å². The maximum absolute atomic E-state index is 10.2. The highest BCUT2D eigenvalue weighted by molar-refractivity contribution is 7.10. The van der Waals surface area contributed by atoms with E-state index in [4.69, 9.17) is 0 Å². The summed E-state index contributed by atoms with van der Waals surface area (Å²) in [5, 5.41) is 15.7. The molecule has 0 spiro atoms. The monoisotopic (exact) mass is 331 g/mol. The van der Waals surface area contributed by atoms with Crippen LogP contribution in [0.5, 0.6) is 0 Å². The van der Waals surface area contributed by atoms with Gasteiger partial charge in [-0.2, -0.15) is 0 Å². The fraction of sp³-hybridized carbons (Fsp3) is 0.500. The summed E-state index contributed by atoms with van der Waals surface area (Å²) < 4.78 is 0. The van der Waals surface area contributed by atoms with Crippen LogP contribution >= 0.6 is 11.3 Å². The number of nitrogens with zero attached hydrogens (tertiary/aromatic N) is 2. The number of hydrogen-bond acceptors (Lipinski definition) is 5. The number of nitrogens with one attached hydrogen (secondary N) is 1. The van der Waals surface area contributed by atoms with Gasteiger partial charge in [0.2, 0.25) is 0 Å². The number of aliphatic hydroxyl groups is 1. The van der Waals surface area contributed by atoms with Crippen molar-refractivity contribution in [3.8, 4) is 0 Å². The molecule has 2 unspecified atom stereocenters. The van der Waals surface area contributed by atoms with Gasteiger partial charge in [0.15, 0.2) is 0 Å². The highest BCUT2D eigenvalue weighted by Crippen LogP contribution is 2.23. The van der Waals surface area contributed by atoms with Crippen molar-refractivity contribution in [1.29, 1.82) is 0 Å². The minimum absolute atomic E-state index is 0.255. The van der Waals surface area contributed by atoms with Crippen molar-refractivity contribution in [1.82, 2.24) is 10.3 Å². The molecule has 1 saturated heterocycles. The Labute approximate surface area is 142 Å². The van der Waals surface area contributed by atoms with Gasteiger partial charge in [-0.25, -0.2) is 4.98 Å². The molecule has 0 aliphatic carbocycles. The van der Waals surface area contributed by atoms with Crippen molar-refractivity contribution < 1.29 is 5.11 Å². The molecule has 2 atom stereocenters. The highest BCUT2D eigenvalue weighted by Gasteiger charge is 2.14. The lowest BCUT2D eigenvalue weighted by Gasteiger charge is -2.18. The number of pyridine rings is 1. The predicted molar refractivity (Wildman–Crippen MR) is 95.9 cm³/mol. The Kier molecular flexibility index (Phi) is 5.65. The van der Waals surface area contributed by atoms with E-state index in [9.17, 15) is 5.11 Å². The lowest BCUT2D eigenvalue weighted by Crippen LogP contribution is -2.27. The van der Waals surface area contributed by atoms with Crippen molar-refractivity contribution in [3.63, 3.8) is 0 Å². The average Bonchev–Trinajstić information content (AvgIpc) is 3.26. The van der Waals surface area contributed by atoms with Crippen LogP contribution in [0.4, 0.5) is 5.82 Å². The summed E-state index contributed by atoms with van der Waals surface area (Å²) >= 11 is 1.61. The topological polar surface area (TPSA) is 48.4 Å². The summed E-state index contributed by atoms with van der Waals surface area (Å²) in [6.07, 6.45) is 4.85. The minimum atomic E-state index is -0.381. The molecule has 2 N–H and O–H groups in total. The van der Waals surface area contributed by atoms with Gasteiger partial charge in [-0.05, 0) is 49.3 Å². The molecule has 3 heterocycles. The third-order valence-corrected chi connectivity index (χ3v) is 5.32. The second-order valence-electron chi connectivity index (χ2n) is 6.27. The summed E-state index contributed by atoms with van der Waals surface area (Å²) in [7, 11) is 0. The molecular weight excluding hydrogens is 306 g/mol. The Morgan fingerprint density at radius 3 is 2.78 bits per heavy atom. The molecule has 2 aromatic rings. The quantitative estimate of drug-likeness (QED) is 0.817. The zero-order valence-corrected chi connectivity index (χ0v) is 14.4. The van der Waals surface area contributed by atoms with Gasteiger partial charge < -0.3 is 15.3 Å². The fourth-order valence-corrected chi connectivity index (χ4v) is 3.69. The van der Waals surface area contributed by atoms with Crippen LogP contribution in [0.15, 0.2) is 35.8 Å². The summed E-state index contributed by atoms with van der Waals surface area (Å²) in [5.41, 5.74) is 1.19. The smallest absolute Gasteiger partial charge is 0.128 e. The van der Waals surface area contributed by atoms with E-state index in [-0.39, 0.29) is 12.1 Å². The standard InChI is InChI=1S/C18H25N3OS/c1-14(11-16(22)17-5-4-10-23-17)19-12-15-6-7-18(20-13-15)21-8-2-3-9-21/h4-7,10,13-14,16,19,22H,2-3,8-9,11-12H2,1H3. The van der Waals surface area contributed by atoms with Gasteiger partial charge in [0.1, 0.15) is 5.82 Å². The zero-order chi connectivity index (χ0) is 16.1. The van der Waals surface area contributed by atoms with Gasteiger partial charge in [0, 0.05) is 36.8 Å². The lowest BCUT2D eigenvalue weighted by atomic mass is 10.1. The summed E-state index contributed by atoms with van der Waals surface area (Å²) in [5.74, 6) is 1.09. The maximum atomic E-state index is 10.2. The SMILES string of the molecule is CC(CC(O)c1cccs1)NCc1ccc(N2CCCC2)nc1. The molecule has 0 amide bonds. The van der Waals surface area contributed by atoms with Gasteiger partial charge >= 0.3 is 0 Å². The third-order valence-electron chi connectivity index (χ3n) is 4.34. The van der Waals surface area contributed by atoms with E-state index >= 15 is 0 Å². The Hall–Kier alpha value is -1.43. The minimum Gasteiger partial charge on any atom is -0.388 e. The number of anilines is 1. The maximum Gasteiger partial charge on any atom is 0.128 e. The number of aliphatic hydroxyl groups excluding tert-OH is 1. The first-order valence-electron chi connectivity index (χ1n) is 8.37. The van der Waals surface area contributed by atoms with Crippen LogP contribution in [0, 0.1) is 0 Å². The molecule has 4 nitrogen and oxygen atoms in total. The summed E-state index contributed by atoms with van der Waals surface area (Å²) in [6, 6.07) is 8.49. The summed E-state index contributed by atoms with van der Waals surface area (Å²) in [4.78, 5) is 7.96. The van der Waals surface area contributed by atoms with Crippen LogP contribution < -0.4 is 10.2 Å². The van der Waals surface area contributed by atoms with E-state index < -0.39 is 0 Å². The molecule has 2 aromatic heterocycles. The Morgan fingerprint density at radius 2 is 2.13 bits per heavy atom. The largest absolute Gasteiger partial charge is 0.388 e. The molecule has 1 aliphatic heterocycles. The Morgan fingerprint density at radius 1 is 1.30 bits per heavy atom. The molecule has 1 fully saturated rings. The van der Waals surface area contributed by atoms with E-state index in [1.165, 1.54) is 18.4 Å². The van der Waals surface area contributed by atoms with Crippen molar-refractivity contribution in [2.24, 2.45) is 0 Å². The van der Waals surface area contributed by atoms with Gasteiger partial charge in [-0.1, -0.05) is 12.1 Å². The van der Waals surface area contributed by atoms with Crippen LogP contribution in [0.1, 0.15) is 42.7 Å². The highest BCUT2D eigenvalue weighted by atomic mass is 32.1. The lowest BCUT2D eigenvalue weighted by molar-refractivity contribution is 0.157. The second kappa shape index (κ2) is 7.90. The van der Waals surface area contributed by atoms with E-state index in [1.807, 2.05) is 23.7 Å². The molecule has 23 heavy (non-hydrogen) atoms. The molecule has 5 heteroatoms. The van der Waals surface area contributed by atoms with Crippen LogP contribution in [0.3, 0.4) is 0 Å². The van der Waals surface area contributed by atoms with E-state index in [0.717, 1.165) is 36.8 Å². The Bertz CT molecular complexity index is 579. The molecule has 0 aromatic carbocycles. The molecule has 0 radical (unpaired) electrons. The van der Waals surface area contributed by atoms with Crippen LogP contribution in [-0.4, -0.2) is 29.2 Å². The number of aromatic nitrogens is 1. The molecule has 0 saturated carbocycles. The fourth-order valence-electron chi connectivity index (χ4n) is 2.96. The number of hydrogen-bond donors (Lipinski definition) is 2. The second-order valence-corrected chi connectivity index (χ2v) is 7.25. The third kappa shape index (κ3) is 4.53. The molecule has 3 rings (SSSR count). The number of thiophene rings is 1. The van der Waals surface area contributed by atoms with Crippen LogP contribution in [0.25, 0.3) is 0 Å². The van der Waals surface area contributed by atoms with E-state index in [0.29, 0.717) is 0 Å². The normalized spacial score (nSPS) is 17.4. The van der Waals surface area contributed by atoms with E-state index in [2.05, 4.69) is 34.3 Å². The average molecular weight is 331 g/mol. The zero-order valence-electron chi connectivity index (χ0n) is 13.6. The first-order valence-corrected chi connectivity index (χ1v) is 9.25. The van der Waals surface area contributed by atoms with Crippen molar-refractivity contribution in [2.45, 2.75) is 44.9 Å². The van der Waals surface area contributed by atoms with Crippen LogP contribution in [0.2, 0.25) is 0 Å². The van der Waals surface area contributed by atoms with Crippen molar-refractivity contribution in [3.05, 3.63) is 46.3 Å². The van der Waals surface area contributed by atoms with Gasteiger partial charge in [0.05, 0.1) is 6.10 Å². The van der Waals surface area contributed by atoms with Crippen molar-refractivity contribution >= 4 is 17.2 Å². The molecule has 1 aliphatic rings. The Balaban J connectivity index is 1.46. The first kappa shape index (κ1) is 16.4. The predicted octanol–water partition coefficient (Wildman–Crippen LogP) is 3.35. The van der Waals surface area contributed by atoms with Gasteiger partial charge in [-0.15, -0.1) is 11.3 Å². The molecule has 0 bridgehead atoms. The van der Waals surface area contributed by atoms with Crippen molar-refractivity contribution in [2.75, 3.05) is 18.0 Å². The number of rotatable bonds is 7. The molecular formula is C18H25N3OS. The van der Waals surface area contributed by atoms with Crippen LogP contribution in [-0.2, 0) is 6.54 Å².